The summed E-state index contributed by atoms with van der Waals surface area (Å²) in [6, 6.07) is 9.74. The molecular formula is C18H19ClN2O4S. The van der Waals surface area contributed by atoms with Crippen LogP contribution in [0.15, 0.2) is 41.3 Å². The van der Waals surface area contributed by atoms with Crippen LogP contribution >= 0.6 is 11.6 Å². The van der Waals surface area contributed by atoms with Gasteiger partial charge >= 0.3 is 0 Å². The Kier molecular flexibility index (Phi) is 4.96. The van der Waals surface area contributed by atoms with E-state index in [0.29, 0.717) is 29.3 Å². The highest BCUT2D eigenvalue weighted by Crippen LogP contribution is 2.33. The first-order valence-corrected chi connectivity index (χ1v) is 9.78. The van der Waals surface area contributed by atoms with Crippen molar-refractivity contribution in [1.29, 1.82) is 0 Å². The molecule has 0 spiro atoms. The Morgan fingerprint density at radius 3 is 2.54 bits per heavy atom. The molecule has 1 aliphatic rings. The third kappa shape index (κ3) is 3.18. The van der Waals surface area contributed by atoms with Crippen molar-refractivity contribution in [1.82, 2.24) is 4.31 Å². The minimum absolute atomic E-state index is 0.184. The number of benzene rings is 2. The van der Waals surface area contributed by atoms with E-state index in [1.807, 2.05) is 0 Å². The molecule has 0 aromatic heterocycles. The lowest BCUT2D eigenvalue weighted by Gasteiger charge is -2.18. The molecule has 0 radical (unpaired) electrons. The third-order valence-corrected chi connectivity index (χ3v) is 6.48. The third-order valence-electron chi connectivity index (χ3n) is 4.37. The van der Waals surface area contributed by atoms with Crippen LogP contribution in [0, 0.1) is 0 Å². The first-order valence-electron chi connectivity index (χ1n) is 7.96. The summed E-state index contributed by atoms with van der Waals surface area (Å²) in [5.41, 5.74) is 2.01. The van der Waals surface area contributed by atoms with E-state index in [0.717, 1.165) is 11.3 Å². The quantitative estimate of drug-likeness (QED) is 0.799. The van der Waals surface area contributed by atoms with E-state index in [1.165, 1.54) is 31.6 Å². The highest BCUT2D eigenvalue weighted by molar-refractivity contribution is 7.89. The van der Waals surface area contributed by atoms with Gasteiger partial charge in [0.15, 0.2) is 0 Å². The van der Waals surface area contributed by atoms with Gasteiger partial charge in [0.1, 0.15) is 5.75 Å². The average Bonchev–Trinajstić information content (AvgIpc) is 3.04. The number of carbonyl (C=O) groups is 1. The van der Waals surface area contributed by atoms with Crippen LogP contribution in [0.3, 0.4) is 0 Å². The lowest BCUT2D eigenvalue weighted by molar-refractivity contribution is 0.0989. The fourth-order valence-corrected chi connectivity index (χ4v) is 4.13. The molecule has 0 atom stereocenters. The van der Waals surface area contributed by atoms with Crippen LogP contribution in [0.25, 0.3) is 0 Å². The molecule has 0 saturated heterocycles. The lowest BCUT2D eigenvalue weighted by Crippen LogP contribution is -2.28. The highest BCUT2D eigenvalue weighted by Gasteiger charge is 2.28. The molecule has 1 heterocycles. The number of sulfonamides is 1. The van der Waals surface area contributed by atoms with E-state index in [4.69, 9.17) is 16.3 Å². The number of hydrogen-bond acceptors (Lipinski definition) is 4. The van der Waals surface area contributed by atoms with Gasteiger partial charge in [0, 0.05) is 31.9 Å². The van der Waals surface area contributed by atoms with Gasteiger partial charge in [-0.25, -0.2) is 12.7 Å². The fraction of sp³-hybridized carbons (Fsp3) is 0.278. The van der Waals surface area contributed by atoms with Crippen molar-refractivity contribution in [3.8, 4) is 5.75 Å². The number of anilines is 1. The Bertz CT molecular complexity index is 973. The van der Waals surface area contributed by atoms with Crippen LogP contribution in [0.5, 0.6) is 5.75 Å². The number of amides is 1. The SMILES string of the molecule is COc1ccc(C(=O)N2CCc3cc(S(=O)(=O)N(C)C)ccc32)cc1Cl. The maximum Gasteiger partial charge on any atom is 0.258 e. The lowest BCUT2D eigenvalue weighted by atomic mass is 10.1. The van der Waals surface area contributed by atoms with Crippen molar-refractivity contribution in [2.75, 3.05) is 32.6 Å². The topological polar surface area (TPSA) is 66.9 Å². The predicted molar refractivity (Wildman–Crippen MR) is 101 cm³/mol. The van der Waals surface area contributed by atoms with Crippen molar-refractivity contribution in [3.05, 3.63) is 52.5 Å². The van der Waals surface area contributed by atoms with Gasteiger partial charge in [-0.15, -0.1) is 0 Å². The minimum Gasteiger partial charge on any atom is -0.495 e. The van der Waals surface area contributed by atoms with E-state index in [2.05, 4.69) is 0 Å². The zero-order valence-corrected chi connectivity index (χ0v) is 16.3. The molecule has 1 amide bonds. The molecule has 2 aromatic carbocycles. The van der Waals surface area contributed by atoms with Gasteiger partial charge in [-0.05, 0) is 48.4 Å². The first-order chi connectivity index (χ1) is 12.3. The number of carbonyl (C=O) groups excluding carboxylic acids is 1. The zero-order valence-electron chi connectivity index (χ0n) is 14.7. The summed E-state index contributed by atoms with van der Waals surface area (Å²) in [5.74, 6) is 0.320. The second kappa shape index (κ2) is 6.90. The van der Waals surface area contributed by atoms with Crippen molar-refractivity contribution in [3.63, 3.8) is 0 Å². The van der Waals surface area contributed by atoms with Crippen LogP contribution in [-0.4, -0.2) is 46.4 Å². The molecule has 3 rings (SSSR count). The summed E-state index contributed by atoms with van der Waals surface area (Å²) >= 11 is 6.11. The Morgan fingerprint density at radius 1 is 1.19 bits per heavy atom. The average molecular weight is 395 g/mol. The summed E-state index contributed by atoms with van der Waals surface area (Å²) in [4.78, 5) is 14.7. The molecule has 26 heavy (non-hydrogen) atoms. The van der Waals surface area contributed by atoms with E-state index in [-0.39, 0.29) is 10.8 Å². The van der Waals surface area contributed by atoms with Crippen LogP contribution < -0.4 is 9.64 Å². The second-order valence-corrected chi connectivity index (χ2v) is 8.69. The molecule has 1 aliphatic heterocycles. The Balaban J connectivity index is 1.93. The summed E-state index contributed by atoms with van der Waals surface area (Å²) in [6.45, 7) is 0.489. The number of fused-ring (bicyclic) bond motifs is 1. The number of rotatable bonds is 4. The van der Waals surface area contributed by atoms with E-state index >= 15 is 0 Å². The van der Waals surface area contributed by atoms with Gasteiger partial charge in [0.25, 0.3) is 5.91 Å². The minimum atomic E-state index is -3.50. The summed E-state index contributed by atoms with van der Waals surface area (Å²) < 4.78 is 30.9. The van der Waals surface area contributed by atoms with Crippen molar-refractivity contribution >= 4 is 33.2 Å². The van der Waals surface area contributed by atoms with Crippen LogP contribution in [-0.2, 0) is 16.4 Å². The molecule has 0 fully saturated rings. The number of ether oxygens (including phenoxy) is 1. The smallest absolute Gasteiger partial charge is 0.258 e. The Morgan fingerprint density at radius 2 is 1.92 bits per heavy atom. The van der Waals surface area contributed by atoms with E-state index < -0.39 is 10.0 Å². The molecule has 0 saturated carbocycles. The van der Waals surface area contributed by atoms with Crippen LogP contribution in [0.2, 0.25) is 5.02 Å². The van der Waals surface area contributed by atoms with Gasteiger partial charge in [0.2, 0.25) is 10.0 Å². The second-order valence-electron chi connectivity index (χ2n) is 6.13. The monoisotopic (exact) mass is 394 g/mol. The van der Waals surface area contributed by atoms with E-state index in [1.54, 1.807) is 35.2 Å². The summed E-state index contributed by atoms with van der Waals surface area (Å²) in [6.07, 6.45) is 0.599. The molecule has 0 N–H and O–H groups in total. The maximum atomic E-state index is 12.9. The molecule has 8 heteroatoms. The van der Waals surface area contributed by atoms with Crippen LogP contribution in [0.4, 0.5) is 5.69 Å². The number of methoxy groups -OCH3 is 1. The standard InChI is InChI=1S/C18H19ClN2O4S/c1-20(2)26(23,24)14-5-6-16-12(10-14)8-9-21(16)18(22)13-4-7-17(25-3)15(19)11-13/h4-7,10-11H,8-9H2,1-3H3. The fourth-order valence-electron chi connectivity index (χ4n) is 2.92. The van der Waals surface area contributed by atoms with Crippen LogP contribution in [0.1, 0.15) is 15.9 Å². The van der Waals surface area contributed by atoms with Crippen molar-refractivity contribution in [2.24, 2.45) is 0 Å². The summed E-state index contributed by atoms with van der Waals surface area (Å²) in [7, 11) is 0.993. The maximum absolute atomic E-state index is 12.9. The molecule has 138 valence electrons. The predicted octanol–water partition coefficient (Wildman–Crippen LogP) is 2.80. The molecular weight excluding hydrogens is 376 g/mol. The molecule has 0 unspecified atom stereocenters. The molecule has 2 aromatic rings. The number of hydrogen-bond donors (Lipinski definition) is 0. The van der Waals surface area contributed by atoms with Gasteiger partial charge in [0.05, 0.1) is 17.0 Å². The van der Waals surface area contributed by atoms with Gasteiger partial charge < -0.3 is 9.64 Å². The van der Waals surface area contributed by atoms with Gasteiger partial charge in [-0.1, -0.05) is 11.6 Å². The highest BCUT2D eigenvalue weighted by atomic mass is 35.5. The van der Waals surface area contributed by atoms with Crippen molar-refractivity contribution in [2.45, 2.75) is 11.3 Å². The number of nitrogens with zero attached hydrogens (tertiary/aromatic N) is 2. The van der Waals surface area contributed by atoms with Crippen molar-refractivity contribution < 1.29 is 17.9 Å². The first kappa shape index (κ1) is 18.7. The largest absolute Gasteiger partial charge is 0.495 e. The molecule has 0 aliphatic carbocycles. The molecule has 6 nitrogen and oxygen atoms in total. The zero-order chi connectivity index (χ0) is 19.1. The number of halogens is 1. The Hall–Kier alpha value is -2.09. The molecule has 0 bridgehead atoms. The summed E-state index contributed by atoms with van der Waals surface area (Å²) in [5, 5.41) is 0.366. The Labute approximate surface area is 158 Å². The normalized spacial score (nSPS) is 13.8. The van der Waals surface area contributed by atoms with Gasteiger partial charge in [-0.3, -0.25) is 4.79 Å². The van der Waals surface area contributed by atoms with E-state index in [9.17, 15) is 13.2 Å². The van der Waals surface area contributed by atoms with Gasteiger partial charge in [-0.2, -0.15) is 0 Å².